The van der Waals surface area contributed by atoms with Gasteiger partial charge in [-0.05, 0) is 42.3 Å². The van der Waals surface area contributed by atoms with Crippen molar-refractivity contribution in [3.63, 3.8) is 0 Å². The van der Waals surface area contributed by atoms with Crippen LogP contribution in [0.15, 0.2) is 48.5 Å². The van der Waals surface area contributed by atoms with Crippen LogP contribution in [0, 0.1) is 6.92 Å². The molecule has 2 aromatic rings. The Morgan fingerprint density at radius 2 is 1.88 bits per heavy atom. The standard InChI is InChI=1S/C21H21ClN2O/c1-14-4-9-18-17(12-14)20(2,3)21(23-19(25)13-24(18)21)11-10-15-5-7-16(22)8-6-15/h4-12H,13H2,1-3H3,(H,23,25)/b11-10+/t21-/m0/s1. The number of hydrogen-bond donors (Lipinski definition) is 1. The molecule has 2 aliphatic rings. The van der Waals surface area contributed by atoms with Gasteiger partial charge in [0, 0.05) is 16.1 Å². The van der Waals surface area contributed by atoms with E-state index in [2.05, 4.69) is 61.3 Å². The zero-order chi connectivity index (χ0) is 17.8. The molecule has 2 aliphatic heterocycles. The van der Waals surface area contributed by atoms with Crippen LogP contribution in [0.3, 0.4) is 0 Å². The first-order valence-corrected chi connectivity index (χ1v) is 8.86. The summed E-state index contributed by atoms with van der Waals surface area (Å²) < 4.78 is 0. The molecule has 0 unspecified atom stereocenters. The lowest BCUT2D eigenvalue weighted by molar-refractivity contribution is -0.118. The first-order valence-electron chi connectivity index (χ1n) is 8.48. The van der Waals surface area contributed by atoms with Crippen molar-refractivity contribution < 1.29 is 4.79 Å². The number of aryl methyl sites for hydroxylation is 1. The third-order valence-electron chi connectivity index (χ3n) is 5.51. The summed E-state index contributed by atoms with van der Waals surface area (Å²) in [6, 6.07) is 14.2. The number of carbonyl (C=O) groups excluding carboxylic acids is 1. The van der Waals surface area contributed by atoms with Gasteiger partial charge < -0.3 is 10.2 Å². The quantitative estimate of drug-likeness (QED) is 0.874. The van der Waals surface area contributed by atoms with Crippen LogP contribution in [0.2, 0.25) is 5.02 Å². The maximum atomic E-state index is 12.3. The normalized spacial score (nSPS) is 23.7. The molecular weight excluding hydrogens is 332 g/mol. The molecule has 1 amide bonds. The lowest BCUT2D eigenvalue weighted by Gasteiger charge is -2.40. The highest BCUT2D eigenvalue weighted by atomic mass is 35.5. The van der Waals surface area contributed by atoms with E-state index < -0.39 is 5.66 Å². The summed E-state index contributed by atoms with van der Waals surface area (Å²) in [6.45, 7) is 6.88. The number of rotatable bonds is 2. The molecule has 0 aliphatic carbocycles. The first kappa shape index (κ1) is 16.2. The third kappa shape index (κ3) is 2.30. The number of nitrogens with one attached hydrogen (secondary N) is 1. The number of fused-ring (bicyclic) bond motifs is 3. The van der Waals surface area contributed by atoms with E-state index in [0.29, 0.717) is 6.54 Å². The molecular formula is C21H21ClN2O. The van der Waals surface area contributed by atoms with E-state index in [-0.39, 0.29) is 11.3 Å². The predicted octanol–water partition coefficient (Wildman–Crippen LogP) is 4.29. The van der Waals surface area contributed by atoms with Crippen molar-refractivity contribution in [3.05, 3.63) is 70.3 Å². The van der Waals surface area contributed by atoms with Crippen LogP contribution in [0.25, 0.3) is 6.08 Å². The van der Waals surface area contributed by atoms with Gasteiger partial charge >= 0.3 is 0 Å². The molecule has 0 bridgehead atoms. The Kier molecular flexibility index (Phi) is 3.48. The Hall–Kier alpha value is -2.26. The minimum atomic E-state index is -0.556. The van der Waals surface area contributed by atoms with Gasteiger partial charge in [-0.25, -0.2) is 0 Å². The average molecular weight is 353 g/mol. The second kappa shape index (κ2) is 5.37. The van der Waals surface area contributed by atoms with Gasteiger partial charge in [0.25, 0.3) is 0 Å². The van der Waals surface area contributed by atoms with E-state index in [1.807, 2.05) is 24.3 Å². The fourth-order valence-electron chi connectivity index (χ4n) is 4.08. The fourth-order valence-corrected chi connectivity index (χ4v) is 4.20. The van der Waals surface area contributed by atoms with Crippen LogP contribution in [0.5, 0.6) is 0 Å². The van der Waals surface area contributed by atoms with Crippen LogP contribution in [0.1, 0.15) is 30.5 Å². The minimum Gasteiger partial charge on any atom is -0.335 e. The summed E-state index contributed by atoms with van der Waals surface area (Å²) in [6.07, 6.45) is 4.19. The largest absolute Gasteiger partial charge is 0.335 e. The van der Waals surface area contributed by atoms with Crippen LogP contribution in [-0.2, 0) is 10.2 Å². The maximum absolute atomic E-state index is 12.3. The number of nitrogens with zero attached hydrogens (tertiary/aromatic N) is 1. The number of hydrogen-bond acceptors (Lipinski definition) is 2. The Morgan fingerprint density at radius 3 is 2.60 bits per heavy atom. The van der Waals surface area contributed by atoms with Crippen molar-refractivity contribution in [3.8, 4) is 0 Å². The number of carbonyl (C=O) groups is 1. The van der Waals surface area contributed by atoms with Crippen LogP contribution in [-0.4, -0.2) is 18.1 Å². The number of halogens is 1. The number of benzene rings is 2. The van der Waals surface area contributed by atoms with Crippen molar-refractivity contribution in [2.75, 3.05) is 11.4 Å². The Labute approximate surface area is 153 Å². The molecule has 2 aromatic carbocycles. The van der Waals surface area contributed by atoms with Crippen molar-refractivity contribution in [2.45, 2.75) is 31.8 Å². The molecule has 4 rings (SSSR count). The van der Waals surface area contributed by atoms with Crippen molar-refractivity contribution in [2.24, 2.45) is 0 Å². The molecule has 4 heteroatoms. The molecule has 3 nitrogen and oxygen atoms in total. The smallest absolute Gasteiger partial charge is 0.241 e. The van der Waals surface area contributed by atoms with E-state index in [0.717, 1.165) is 16.3 Å². The minimum absolute atomic E-state index is 0.0556. The highest BCUT2D eigenvalue weighted by molar-refractivity contribution is 6.30. The molecule has 0 aromatic heterocycles. The highest BCUT2D eigenvalue weighted by Crippen LogP contribution is 2.53. The highest BCUT2D eigenvalue weighted by Gasteiger charge is 2.59. The van der Waals surface area contributed by atoms with Crippen LogP contribution < -0.4 is 10.2 Å². The Morgan fingerprint density at radius 1 is 1.16 bits per heavy atom. The van der Waals surface area contributed by atoms with Gasteiger partial charge in [0.2, 0.25) is 5.91 Å². The second-order valence-corrected chi connectivity index (χ2v) is 7.87. The van der Waals surface area contributed by atoms with Gasteiger partial charge in [-0.2, -0.15) is 0 Å². The van der Waals surface area contributed by atoms with E-state index in [1.165, 1.54) is 11.1 Å². The summed E-state index contributed by atoms with van der Waals surface area (Å²) in [7, 11) is 0. The molecule has 1 atom stereocenters. The summed E-state index contributed by atoms with van der Waals surface area (Å²) in [5, 5.41) is 3.96. The van der Waals surface area contributed by atoms with E-state index in [1.54, 1.807) is 0 Å². The van der Waals surface area contributed by atoms with E-state index >= 15 is 0 Å². The van der Waals surface area contributed by atoms with Gasteiger partial charge in [0.1, 0.15) is 5.66 Å². The number of anilines is 1. The predicted molar refractivity (Wildman–Crippen MR) is 103 cm³/mol. The topological polar surface area (TPSA) is 32.3 Å². The molecule has 128 valence electrons. The van der Waals surface area contributed by atoms with Gasteiger partial charge in [0.05, 0.1) is 6.54 Å². The lowest BCUT2D eigenvalue weighted by Crippen LogP contribution is -2.58. The molecule has 1 saturated heterocycles. The molecule has 25 heavy (non-hydrogen) atoms. The van der Waals surface area contributed by atoms with Gasteiger partial charge in [-0.15, -0.1) is 0 Å². The summed E-state index contributed by atoms with van der Waals surface area (Å²) in [4.78, 5) is 14.5. The van der Waals surface area contributed by atoms with Gasteiger partial charge in [-0.1, -0.05) is 61.4 Å². The fraction of sp³-hybridized carbons (Fsp3) is 0.286. The molecule has 0 radical (unpaired) electrons. The van der Waals surface area contributed by atoms with E-state index in [9.17, 15) is 4.79 Å². The average Bonchev–Trinajstić information content (AvgIpc) is 2.99. The monoisotopic (exact) mass is 352 g/mol. The van der Waals surface area contributed by atoms with Crippen LogP contribution in [0.4, 0.5) is 5.69 Å². The second-order valence-electron chi connectivity index (χ2n) is 7.43. The molecule has 0 saturated carbocycles. The summed E-state index contributed by atoms with van der Waals surface area (Å²) in [5.74, 6) is 0.0556. The van der Waals surface area contributed by atoms with Crippen molar-refractivity contribution >= 4 is 29.3 Å². The van der Waals surface area contributed by atoms with Crippen molar-refractivity contribution in [1.82, 2.24) is 5.32 Å². The van der Waals surface area contributed by atoms with Gasteiger partial charge in [0.15, 0.2) is 0 Å². The SMILES string of the molecule is Cc1ccc2c(c1)C(C)(C)[C@@]1(/C=C/c3ccc(Cl)cc3)NC(=O)CN21. The van der Waals surface area contributed by atoms with Crippen molar-refractivity contribution in [1.29, 1.82) is 0 Å². The zero-order valence-corrected chi connectivity index (χ0v) is 15.4. The molecule has 0 spiro atoms. The Bertz CT molecular complexity index is 885. The number of amides is 1. The maximum Gasteiger partial charge on any atom is 0.241 e. The zero-order valence-electron chi connectivity index (χ0n) is 14.6. The van der Waals surface area contributed by atoms with E-state index in [4.69, 9.17) is 11.6 Å². The summed E-state index contributed by atoms with van der Waals surface area (Å²) in [5.41, 5.74) is 3.89. The molecule has 1 fully saturated rings. The lowest BCUT2D eigenvalue weighted by atomic mass is 9.75. The third-order valence-corrected chi connectivity index (χ3v) is 5.77. The van der Waals surface area contributed by atoms with Crippen LogP contribution >= 0.6 is 11.6 Å². The first-order chi connectivity index (χ1) is 11.8. The molecule has 2 heterocycles. The summed E-state index contributed by atoms with van der Waals surface area (Å²) >= 11 is 5.98. The Balaban J connectivity index is 1.83. The molecule has 1 N–H and O–H groups in total. The van der Waals surface area contributed by atoms with Gasteiger partial charge in [-0.3, -0.25) is 4.79 Å².